The Hall–Kier alpha value is -2.45. The first kappa shape index (κ1) is 16.4. The van der Waals surface area contributed by atoms with E-state index < -0.39 is 12.1 Å². The minimum atomic E-state index is -0.611. The van der Waals surface area contributed by atoms with Crippen LogP contribution in [0.4, 0.5) is 4.79 Å². The standard InChI is InChI=1S/C15H22N6O3/c1-9(2)13-19-18-11-5-6-20(7-8-21(11)13)12(22)4-3-10-14(23)17-15(24)16-10/h9-10H,3-8H2,1-2H3,(H2,16,17,23,24). The lowest BCUT2D eigenvalue weighted by atomic mass is 10.1. The maximum Gasteiger partial charge on any atom is 0.322 e. The highest BCUT2D eigenvalue weighted by molar-refractivity contribution is 6.04. The van der Waals surface area contributed by atoms with Crippen LogP contribution in [0.25, 0.3) is 0 Å². The number of hydrogen-bond donors (Lipinski definition) is 2. The summed E-state index contributed by atoms with van der Waals surface area (Å²) in [6.45, 7) is 6.03. The van der Waals surface area contributed by atoms with Gasteiger partial charge in [0.1, 0.15) is 17.7 Å². The highest BCUT2D eigenvalue weighted by Crippen LogP contribution is 2.17. The molecule has 2 N–H and O–H groups in total. The quantitative estimate of drug-likeness (QED) is 0.740. The third-order valence-corrected chi connectivity index (χ3v) is 4.43. The summed E-state index contributed by atoms with van der Waals surface area (Å²) in [5, 5.41) is 13.2. The van der Waals surface area contributed by atoms with Gasteiger partial charge in [0.2, 0.25) is 5.91 Å². The highest BCUT2D eigenvalue weighted by Gasteiger charge is 2.30. The fourth-order valence-electron chi connectivity index (χ4n) is 3.11. The third kappa shape index (κ3) is 3.24. The first-order valence-electron chi connectivity index (χ1n) is 8.27. The number of carbonyl (C=O) groups is 3. The highest BCUT2D eigenvalue weighted by atomic mass is 16.2. The average Bonchev–Trinajstić information content (AvgIpc) is 3.01. The van der Waals surface area contributed by atoms with E-state index in [1.54, 1.807) is 4.90 Å². The van der Waals surface area contributed by atoms with Gasteiger partial charge >= 0.3 is 6.03 Å². The van der Waals surface area contributed by atoms with E-state index in [0.29, 0.717) is 32.5 Å². The summed E-state index contributed by atoms with van der Waals surface area (Å²) in [5.74, 6) is 1.78. The van der Waals surface area contributed by atoms with Gasteiger partial charge in [-0.1, -0.05) is 13.8 Å². The minimum absolute atomic E-state index is 0.00578. The molecule has 1 aromatic heterocycles. The zero-order valence-electron chi connectivity index (χ0n) is 13.9. The van der Waals surface area contributed by atoms with Crippen LogP contribution in [0.1, 0.15) is 44.3 Å². The summed E-state index contributed by atoms with van der Waals surface area (Å²) in [4.78, 5) is 36.8. The Labute approximate surface area is 139 Å². The molecule has 1 fully saturated rings. The van der Waals surface area contributed by atoms with Crippen LogP contribution in [0, 0.1) is 0 Å². The van der Waals surface area contributed by atoms with E-state index in [2.05, 4.69) is 39.2 Å². The van der Waals surface area contributed by atoms with E-state index in [1.165, 1.54) is 0 Å². The Bertz CT molecular complexity index is 668. The van der Waals surface area contributed by atoms with E-state index in [9.17, 15) is 14.4 Å². The van der Waals surface area contributed by atoms with Gasteiger partial charge in [0.25, 0.3) is 5.91 Å². The molecule has 24 heavy (non-hydrogen) atoms. The molecule has 0 aromatic carbocycles. The topological polar surface area (TPSA) is 109 Å². The number of imide groups is 1. The van der Waals surface area contributed by atoms with Crippen LogP contribution in [0.15, 0.2) is 0 Å². The first-order valence-corrected chi connectivity index (χ1v) is 8.27. The van der Waals surface area contributed by atoms with E-state index >= 15 is 0 Å². The molecule has 0 spiro atoms. The summed E-state index contributed by atoms with van der Waals surface area (Å²) in [5.41, 5.74) is 0. The Morgan fingerprint density at radius 1 is 1.25 bits per heavy atom. The van der Waals surface area contributed by atoms with Crippen LogP contribution in [0.3, 0.4) is 0 Å². The van der Waals surface area contributed by atoms with Gasteiger partial charge in [-0.05, 0) is 6.42 Å². The second-order valence-electron chi connectivity index (χ2n) is 6.47. The van der Waals surface area contributed by atoms with Crippen LogP contribution in [-0.2, 0) is 22.6 Å². The van der Waals surface area contributed by atoms with Crippen LogP contribution in [0.5, 0.6) is 0 Å². The predicted octanol–water partition coefficient (Wildman–Crippen LogP) is -0.226. The maximum atomic E-state index is 12.4. The third-order valence-electron chi connectivity index (χ3n) is 4.43. The summed E-state index contributed by atoms with van der Waals surface area (Å²) in [6, 6.07) is -1.10. The van der Waals surface area contributed by atoms with Crippen molar-refractivity contribution in [3.8, 4) is 0 Å². The van der Waals surface area contributed by atoms with Crippen molar-refractivity contribution in [3.05, 3.63) is 11.6 Å². The summed E-state index contributed by atoms with van der Waals surface area (Å²) >= 11 is 0. The average molecular weight is 334 g/mol. The van der Waals surface area contributed by atoms with Crippen molar-refractivity contribution in [2.75, 3.05) is 13.1 Å². The maximum absolute atomic E-state index is 12.4. The van der Waals surface area contributed by atoms with E-state index in [-0.39, 0.29) is 24.2 Å². The summed E-state index contributed by atoms with van der Waals surface area (Å²) < 4.78 is 2.10. The molecule has 0 aliphatic carbocycles. The molecule has 0 saturated carbocycles. The van der Waals surface area contributed by atoms with Gasteiger partial charge in [0, 0.05) is 38.4 Å². The number of carbonyl (C=O) groups excluding carboxylic acids is 3. The normalized spacial score (nSPS) is 20.6. The molecule has 2 aliphatic heterocycles. The number of rotatable bonds is 4. The van der Waals surface area contributed by atoms with Crippen molar-refractivity contribution >= 4 is 17.8 Å². The SMILES string of the molecule is CC(C)c1nnc2n1CCN(C(=O)CCC1NC(=O)NC1=O)CC2. The molecule has 0 bridgehead atoms. The Morgan fingerprint density at radius 3 is 2.71 bits per heavy atom. The molecule has 4 amide bonds. The second-order valence-corrected chi connectivity index (χ2v) is 6.47. The Kier molecular flexibility index (Phi) is 4.50. The smallest absolute Gasteiger partial charge is 0.322 e. The molecule has 9 nitrogen and oxygen atoms in total. The number of hydrogen-bond acceptors (Lipinski definition) is 5. The zero-order chi connectivity index (χ0) is 17.3. The van der Waals surface area contributed by atoms with Crippen molar-refractivity contribution in [3.63, 3.8) is 0 Å². The first-order chi connectivity index (χ1) is 11.5. The monoisotopic (exact) mass is 334 g/mol. The fraction of sp³-hybridized carbons (Fsp3) is 0.667. The Morgan fingerprint density at radius 2 is 2.04 bits per heavy atom. The number of amides is 4. The molecule has 2 aliphatic rings. The summed E-state index contributed by atoms with van der Waals surface area (Å²) in [6.07, 6.45) is 1.22. The Balaban J connectivity index is 1.56. The van der Waals surface area contributed by atoms with Crippen LogP contribution >= 0.6 is 0 Å². The van der Waals surface area contributed by atoms with Gasteiger partial charge in [-0.15, -0.1) is 10.2 Å². The van der Waals surface area contributed by atoms with Gasteiger partial charge in [0.05, 0.1) is 0 Å². The predicted molar refractivity (Wildman–Crippen MR) is 84.1 cm³/mol. The fourth-order valence-corrected chi connectivity index (χ4v) is 3.11. The van der Waals surface area contributed by atoms with Gasteiger partial charge in [-0.3, -0.25) is 14.9 Å². The van der Waals surface area contributed by atoms with E-state index in [1.807, 2.05) is 0 Å². The van der Waals surface area contributed by atoms with E-state index in [4.69, 9.17) is 0 Å². The van der Waals surface area contributed by atoms with Crippen molar-refractivity contribution < 1.29 is 14.4 Å². The minimum Gasteiger partial charge on any atom is -0.340 e. The number of aromatic nitrogens is 3. The lowest BCUT2D eigenvalue weighted by Crippen LogP contribution is -2.36. The summed E-state index contributed by atoms with van der Waals surface area (Å²) in [7, 11) is 0. The molecule has 9 heteroatoms. The lowest BCUT2D eigenvalue weighted by molar-refractivity contribution is -0.131. The number of fused-ring (bicyclic) bond motifs is 1. The van der Waals surface area contributed by atoms with Crippen LogP contribution in [-0.4, -0.2) is 56.6 Å². The molecule has 1 aromatic rings. The number of urea groups is 1. The largest absolute Gasteiger partial charge is 0.340 e. The van der Waals surface area contributed by atoms with Crippen molar-refractivity contribution in [2.45, 2.75) is 51.6 Å². The molecule has 0 radical (unpaired) electrons. The van der Waals surface area contributed by atoms with Crippen LogP contribution in [0.2, 0.25) is 0 Å². The van der Waals surface area contributed by atoms with Crippen molar-refractivity contribution in [1.82, 2.24) is 30.3 Å². The molecule has 3 rings (SSSR count). The lowest BCUT2D eigenvalue weighted by Gasteiger charge is -2.20. The van der Waals surface area contributed by atoms with Gasteiger partial charge < -0.3 is 14.8 Å². The van der Waals surface area contributed by atoms with Crippen molar-refractivity contribution in [1.29, 1.82) is 0 Å². The van der Waals surface area contributed by atoms with Gasteiger partial charge in [-0.25, -0.2) is 4.79 Å². The number of nitrogens with zero attached hydrogens (tertiary/aromatic N) is 4. The van der Waals surface area contributed by atoms with Gasteiger partial charge in [-0.2, -0.15) is 0 Å². The molecule has 1 atom stereocenters. The molecule has 1 unspecified atom stereocenters. The van der Waals surface area contributed by atoms with Gasteiger partial charge in [0.15, 0.2) is 0 Å². The molecule has 130 valence electrons. The van der Waals surface area contributed by atoms with Crippen LogP contribution < -0.4 is 10.6 Å². The molecular weight excluding hydrogens is 312 g/mol. The molecule has 3 heterocycles. The zero-order valence-corrected chi connectivity index (χ0v) is 13.9. The molecular formula is C15H22N6O3. The van der Waals surface area contributed by atoms with E-state index in [0.717, 1.165) is 11.6 Å². The molecule has 1 saturated heterocycles. The second kappa shape index (κ2) is 6.58. The van der Waals surface area contributed by atoms with Crippen molar-refractivity contribution in [2.24, 2.45) is 0 Å². The number of nitrogens with one attached hydrogen (secondary N) is 2.